The topological polar surface area (TPSA) is 71.1 Å². The van der Waals surface area contributed by atoms with Gasteiger partial charge in [-0.2, -0.15) is 0 Å². The van der Waals surface area contributed by atoms with Crippen LogP contribution < -0.4 is 9.47 Å². The van der Waals surface area contributed by atoms with Gasteiger partial charge in [-0.05, 0) is 185 Å². The molecule has 0 aliphatic carbocycles. The number of carbonyl (C=O) groups is 2. The summed E-state index contributed by atoms with van der Waals surface area (Å²) in [6.07, 6.45) is 76.9. The minimum Gasteiger partial charge on any atom is -0.491 e. The number of hydrogen-bond acceptors (Lipinski definition) is 6. The Balaban J connectivity index is 1.14. The third-order valence-electron chi connectivity index (χ3n) is 17.6. The zero-order valence-corrected chi connectivity index (χ0v) is 68.8. The molecule has 2 aromatic carbocycles. The van der Waals surface area contributed by atoms with Gasteiger partial charge in [-0.25, -0.2) is 0 Å². The smallest absolute Gasteiger partial charge is 0.305 e. The number of carbonyl (C=O) groups excluding carboxylic acids is 2. The summed E-state index contributed by atoms with van der Waals surface area (Å²) in [5.74, 6) is 1.81. The van der Waals surface area contributed by atoms with Gasteiger partial charge in [0.2, 0.25) is 0 Å². The molecule has 0 aromatic heterocycles. The molecule has 0 fully saturated rings. The van der Waals surface area contributed by atoms with Gasteiger partial charge in [-0.15, -0.1) is 0 Å². The third kappa shape index (κ3) is 55.5. The molecule has 88 heavy (non-hydrogen) atoms. The van der Waals surface area contributed by atoms with Crippen molar-refractivity contribution in [3.8, 4) is 11.5 Å². The molecule has 0 spiro atoms. The first-order valence-corrected chi connectivity index (χ1v) is 43.5. The molecule has 2 aromatic rings. The van der Waals surface area contributed by atoms with E-state index in [9.17, 15) is 9.59 Å². The Morgan fingerprint density at radius 2 is 0.364 bits per heavy atom. The van der Waals surface area contributed by atoms with Crippen molar-refractivity contribution in [1.82, 2.24) is 0 Å². The van der Waals surface area contributed by atoms with E-state index in [2.05, 4.69) is 160 Å². The Labute approximate surface area is 624 Å². The highest BCUT2D eigenvalue weighted by Gasteiger charge is 2.11. The summed E-state index contributed by atoms with van der Waals surface area (Å²) in [5.41, 5.74) is 0. The second-order valence-corrected chi connectivity index (χ2v) is 33.0. The van der Waals surface area contributed by atoms with Gasteiger partial charge in [-0.3, -0.25) is 9.59 Å². The van der Waals surface area contributed by atoms with Gasteiger partial charge < -0.3 is 18.9 Å². The van der Waals surface area contributed by atoms with Crippen molar-refractivity contribution in [3.05, 3.63) is 45.7 Å². The second-order valence-electron chi connectivity index (χ2n) is 25.8. The lowest BCUT2D eigenvalue weighted by atomic mass is 10.0. The van der Waals surface area contributed by atoms with E-state index in [0.717, 1.165) is 63.2 Å². The number of rotatable bonds is 67. The largest absolute Gasteiger partial charge is 0.491 e. The Morgan fingerprint density at radius 1 is 0.216 bits per heavy atom. The maximum Gasteiger partial charge on any atom is 0.305 e. The summed E-state index contributed by atoms with van der Waals surface area (Å²) in [7, 11) is 0. The molecular weight excluding hydrogens is 1770 g/mol. The third-order valence-corrected chi connectivity index (χ3v) is 22.0. The molecule has 0 bridgehead atoms. The lowest BCUT2D eigenvalue weighted by molar-refractivity contribution is -0.152. The van der Waals surface area contributed by atoms with Crippen molar-refractivity contribution in [2.75, 3.05) is 26.4 Å². The van der Waals surface area contributed by atoms with E-state index in [1.54, 1.807) is 0 Å². The van der Waals surface area contributed by atoms with Gasteiger partial charge >= 0.3 is 11.9 Å². The van der Waals surface area contributed by atoms with Crippen LogP contribution in [0.15, 0.2) is 24.3 Å². The number of esters is 2. The van der Waals surface area contributed by atoms with Crippen LogP contribution in [0.4, 0.5) is 0 Å². The number of ether oxygens (including phenoxy) is 4. The van der Waals surface area contributed by atoms with E-state index >= 15 is 0 Å². The van der Waals surface area contributed by atoms with Crippen LogP contribution in [0.5, 0.6) is 11.5 Å². The highest BCUT2D eigenvalue weighted by molar-refractivity contribution is 14.1. The molecule has 510 valence electrons. The van der Waals surface area contributed by atoms with Crippen LogP contribution in [0, 0.1) is 21.4 Å². The van der Waals surface area contributed by atoms with Crippen LogP contribution in [0.1, 0.15) is 372 Å². The molecule has 12 heteroatoms. The van der Waals surface area contributed by atoms with Crippen molar-refractivity contribution < 1.29 is 28.5 Å². The van der Waals surface area contributed by atoms with Crippen LogP contribution in [0.25, 0.3) is 0 Å². The van der Waals surface area contributed by atoms with E-state index in [-0.39, 0.29) is 25.2 Å². The molecule has 0 heterocycles. The molecule has 0 N–H and O–H groups in total. The van der Waals surface area contributed by atoms with Gasteiger partial charge in [0.05, 0.1) is 27.5 Å². The average molecular weight is 1900 g/mol. The first-order chi connectivity index (χ1) is 43.2. The molecule has 0 radical (unpaired) electrons. The summed E-state index contributed by atoms with van der Waals surface area (Å²) in [4.78, 5) is 24.3. The van der Waals surface area contributed by atoms with Gasteiger partial charge in [0.1, 0.15) is 24.7 Å². The van der Waals surface area contributed by atoms with Crippen LogP contribution in [0.2, 0.25) is 0 Å². The first-order valence-electron chi connectivity index (χ1n) is 37.0. The monoisotopic (exact) mass is 1900 g/mol. The number of hydrogen-bond donors (Lipinski definition) is 0. The quantitative estimate of drug-likeness (QED) is 0.0373. The van der Waals surface area contributed by atoms with Crippen molar-refractivity contribution in [2.45, 2.75) is 372 Å². The average Bonchev–Trinajstić information content (AvgIpc) is 3.63. The lowest BCUT2D eigenvalue weighted by Crippen LogP contribution is -2.13. The van der Waals surface area contributed by atoms with Crippen LogP contribution in [-0.4, -0.2) is 38.4 Å². The molecule has 0 atom stereocenters. The fraction of sp³-hybridized carbons (Fsp3) is 0.816. The predicted octanol–water partition coefficient (Wildman–Crippen LogP) is 28.5. The Kier molecular flexibility index (Phi) is 63.7. The molecule has 0 saturated heterocycles. The predicted molar refractivity (Wildman–Crippen MR) is 430 cm³/mol. The van der Waals surface area contributed by atoms with E-state index in [1.807, 2.05) is 0 Å². The second kappa shape index (κ2) is 65.6. The van der Waals surface area contributed by atoms with Gasteiger partial charge in [-0.1, -0.05) is 334 Å². The maximum absolute atomic E-state index is 12.1. The Morgan fingerprint density at radius 3 is 0.534 bits per heavy atom. The number of unbranched alkanes of at least 4 members (excludes halogenated alkanes) is 54. The van der Waals surface area contributed by atoms with Crippen molar-refractivity contribution in [2.24, 2.45) is 0 Å². The molecule has 0 aliphatic rings. The maximum atomic E-state index is 12.1. The van der Waals surface area contributed by atoms with Gasteiger partial charge in [0.15, 0.2) is 0 Å². The minimum absolute atomic E-state index is 0.161. The highest BCUT2D eigenvalue weighted by atomic mass is 127. The van der Waals surface area contributed by atoms with E-state index in [4.69, 9.17) is 18.9 Å². The molecule has 0 saturated carbocycles. The van der Waals surface area contributed by atoms with Crippen LogP contribution in [0.3, 0.4) is 0 Å². The molecule has 2 rings (SSSR count). The van der Waals surface area contributed by atoms with Gasteiger partial charge in [0.25, 0.3) is 0 Å². The van der Waals surface area contributed by atoms with Gasteiger partial charge in [0, 0.05) is 20.0 Å². The summed E-state index contributed by atoms with van der Waals surface area (Å²) in [6, 6.07) is 8.77. The zero-order valence-electron chi connectivity index (χ0n) is 55.9. The van der Waals surface area contributed by atoms with Crippen LogP contribution in [-0.2, 0) is 19.1 Å². The fourth-order valence-corrected chi connectivity index (χ4v) is 19.9. The van der Waals surface area contributed by atoms with E-state index in [1.165, 1.54) is 342 Å². The minimum atomic E-state index is -0.161. The normalized spacial score (nSPS) is 11.5. The summed E-state index contributed by atoms with van der Waals surface area (Å²) < 4.78 is 30.3. The van der Waals surface area contributed by atoms with Crippen molar-refractivity contribution >= 4 is 147 Å². The SMILES string of the molecule is O=C(CCCCCCCCCCCCCCCCCCCCCCCCCCCCCCOc1c(I)cc(I)cc1I)OCCOC(=O)CCCCCCCCCCCCCCCCCCCCCCCCCCCCCCOc1c(I)cc(I)cc1I. The first kappa shape index (κ1) is 85.4. The summed E-state index contributed by atoms with van der Waals surface area (Å²) >= 11 is 14.3. The van der Waals surface area contributed by atoms with E-state index in [0.29, 0.717) is 12.8 Å². The van der Waals surface area contributed by atoms with Crippen LogP contribution >= 0.6 is 136 Å². The molecule has 0 aliphatic heterocycles. The van der Waals surface area contributed by atoms with E-state index < -0.39 is 0 Å². The lowest BCUT2D eigenvalue weighted by Gasteiger charge is -2.11. The Bertz CT molecular complexity index is 1720. The molecule has 0 unspecified atom stereocenters. The number of halogens is 6. The number of benzene rings is 2. The summed E-state index contributed by atoms with van der Waals surface area (Å²) in [6.45, 7) is 2.03. The molecular formula is C76H128I6O6. The summed E-state index contributed by atoms with van der Waals surface area (Å²) in [5, 5.41) is 0. The fourth-order valence-electron chi connectivity index (χ4n) is 12.1. The standard InChI is InChI=1S/C76H128I6O6/c77-67-63-69(79)75(70(80)64-67)87-59-55-51-47-43-39-35-31-27-23-19-15-11-7-3-1-5-9-13-17-21-25-29-33-37-41-45-49-53-57-73(83)85-61-62-86-74(84)58-54-50-46-42-38-34-30-26-22-18-14-10-6-2-4-8-12-16-20-24-28-32-36-40-44-48-52-56-60-88-76-71(81)65-68(78)66-72(76)82/h63-66H,1-62H2. The molecule has 0 amide bonds. The van der Waals surface area contributed by atoms with Crippen molar-refractivity contribution in [3.63, 3.8) is 0 Å². The zero-order chi connectivity index (χ0) is 63.3. The highest BCUT2D eigenvalue weighted by Crippen LogP contribution is 2.31. The Hall–Kier alpha value is 1.36. The molecule has 6 nitrogen and oxygen atoms in total. The van der Waals surface area contributed by atoms with Crippen molar-refractivity contribution in [1.29, 1.82) is 0 Å².